The highest BCUT2D eigenvalue weighted by atomic mass is 35.5. The fraction of sp³-hybridized carbons (Fsp3) is 0.444. The molecule has 3 heteroatoms. The fourth-order valence-corrected chi connectivity index (χ4v) is 0.981. The molecule has 0 aliphatic carbocycles. The average molecular weight is 186 g/mol. The smallest absolute Gasteiger partial charge is 0.0589 e. The first-order valence-corrected chi connectivity index (χ1v) is 4.40. The second-order valence-electron chi connectivity index (χ2n) is 2.49. The SMILES string of the molecule is C1CCOC1.Clc1cccnc1. The van der Waals surface area contributed by atoms with Crippen LogP contribution < -0.4 is 0 Å². The maximum absolute atomic E-state index is 5.48. The fourth-order valence-electron chi connectivity index (χ4n) is 0.852. The molecule has 12 heavy (non-hydrogen) atoms. The molecular formula is C9H12ClNO. The highest BCUT2D eigenvalue weighted by molar-refractivity contribution is 6.30. The summed E-state index contributed by atoms with van der Waals surface area (Å²) in [6, 6.07) is 3.58. The van der Waals surface area contributed by atoms with E-state index in [2.05, 4.69) is 4.98 Å². The first-order chi connectivity index (χ1) is 5.89. The molecule has 2 rings (SSSR count). The molecule has 1 aliphatic heterocycles. The van der Waals surface area contributed by atoms with Gasteiger partial charge >= 0.3 is 0 Å². The van der Waals surface area contributed by atoms with Crippen LogP contribution in [0.3, 0.4) is 0 Å². The standard InChI is InChI=1S/C5H4ClN.C4H8O/c6-5-2-1-3-7-4-5;1-2-4-5-3-1/h1-4H;1-4H2. The normalized spacial score (nSPS) is 15.1. The Labute approximate surface area is 77.5 Å². The minimum Gasteiger partial charge on any atom is -0.381 e. The minimum atomic E-state index is 0.683. The van der Waals surface area contributed by atoms with Crippen LogP contribution in [-0.4, -0.2) is 18.2 Å². The Balaban J connectivity index is 0.000000127. The van der Waals surface area contributed by atoms with Crippen LogP contribution in [0.1, 0.15) is 12.8 Å². The zero-order valence-electron chi connectivity index (χ0n) is 6.87. The third-order valence-electron chi connectivity index (χ3n) is 1.45. The van der Waals surface area contributed by atoms with Gasteiger partial charge in [-0.25, -0.2) is 0 Å². The number of hydrogen-bond donors (Lipinski definition) is 0. The molecule has 0 saturated carbocycles. The lowest BCUT2D eigenvalue weighted by Crippen LogP contribution is -1.74. The van der Waals surface area contributed by atoms with Gasteiger partial charge in [-0.05, 0) is 25.0 Å². The zero-order chi connectivity index (χ0) is 8.65. The monoisotopic (exact) mass is 185 g/mol. The van der Waals surface area contributed by atoms with Gasteiger partial charge in [0, 0.05) is 25.6 Å². The highest BCUT2D eigenvalue weighted by Gasteiger charge is 1.94. The van der Waals surface area contributed by atoms with Crippen LogP contribution in [-0.2, 0) is 4.74 Å². The Hall–Kier alpha value is -0.600. The lowest BCUT2D eigenvalue weighted by atomic mass is 10.4. The summed E-state index contributed by atoms with van der Waals surface area (Å²) in [5.74, 6) is 0. The molecule has 0 spiro atoms. The first-order valence-electron chi connectivity index (χ1n) is 4.03. The Morgan fingerprint density at radius 1 is 1.33 bits per heavy atom. The predicted octanol–water partition coefficient (Wildman–Crippen LogP) is 2.53. The molecule has 1 fully saturated rings. The summed E-state index contributed by atoms with van der Waals surface area (Å²) in [6.07, 6.45) is 5.84. The molecule has 66 valence electrons. The summed E-state index contributed by atoms with van der Waals surface area (Å²) in [5.41, 5.74) is 0. The Bertz CT molecular complexity index is 191. The Kier molecular flexibility index (Phi) is 4.73. The molecule has 1 aromatic rings. The summed E-state index contributed by atoms with van der Waals surface area (Å²) < 4.78 is 4.94. The van der Waals surface area contributed by atoms with Gasteiger partial charge in [-0.1, -0.05) is 11.6 Å². The number of ether oxygens (including phenoxy) is 1. The van der Waals surface area contributed by atoms with Gasteiger partial charge < -0.3 is 4.74 Å². The van der Waals surface area contributed by atoms with Crippen molar-refractivity contribution in [2.75, 3.05) is 13.2 Å². The van der Waals surface area contributed by atoms with E-state index in [4.69, 9.17) is 16.3 Å². The zero-order valence-corrected chi connectivity index (χ0v) is 7.63. The second-order valence-corrected chi connectivity index (χ2v) is 2.93. The number of pyridine rings is 1. The maximum atomic E-state index is 5.48. The van der Waals surface area contributed by atoms with Crippen molar-refractivity contribution in [1.82, 2.24) is 4.98 Å². The second kappa shape index (κ2) is 5.98. The quantitative estimate of drug-likeness (QED) is 0.620. The van der Waals surface area contributed by atoms with Gasteiger partial charge in [-0.2, -0.15) is 0 Å². The van der Waals surface area contributed by atoms with E-state index in [1.165, 1.54) is 12.8 Å². The van der Waals surface area contributed by atoms with Gasteiger partial charge in [0.2, 0.25) is 0 Å². The van der Waals surface area contributed by atoms with Crippen LogP contribution in [0.15, 0.2) is 24.5 Å². The van der Waals surface area contributed by atoms with E-state index >= 15 is 0 Å². The molecule has 0 radical (unpaired) electrons. The van der Waals surface area contributed by atoms with Crippen LogP contribution in [0.5, 0.6) is 0 Å². The van der Waals surface area contributed by atoms with Crippen molar-refractivity contribution in [3.8, 4) is 0 Å². The van der Waals surface area contributed by atoms with E-state index in [0.717, 1.165) is 13.2 Å². The molecule has 1 aliphatic rings. The van der Waals surface area contributed by atoms with Gasteiger partial charge in [0.25, 0.3) is 0 Å². The third-order valence-corrected chi connectivity index (χ3v) is 1.68. The van der Waals surface area contributed by atoms with Crippen LogP contribution in [0.4, 0.5) is 0 Å². The maximum Gasteiger partial charge on any atom is 0.0589 e. The number of nitrogens with zero attached hydrogens (tertiary/aromatic N) is 1. The molecule has 0 atom stereocenters. The van der Waals surface area contributed by atoms with Crippen LogP contribution in [0, 0.1) is 0 Å². The van der Waals surface area contributed by atoms with Crippen molar-refractivity contribution in [2.24, 2.45) is 0 Å². The lowest BCUT2D eigenvalue weighted by Gasteiger charge is -1.79. The molecule has 1 aromatic heterocycles. The van der Waals surface area contributed by atoms with E-state index in [9.17, 15) is 0 Å². The Morgan fingerprint density at radius 2 is 2.08 bits per heavy atom. The molecule has 2 heterocycles. The first kappa shape index (κ1) is 9.49. The molecule has 0 amide bonds. The summed E-state index contributed by atoms with van der Waals surface area (Å²) in [5, 5.41) is 0.683. The summed E-state index contributed by atoms with van der Waals surface area (Å²) >= 11 is 5.48. The molecule has 2 nitrogen and oxygen atoms in total. The van der Waals surface area contributed by atoms with Crippen molar-refractivity contribution < 1.29 is 4.74 Å². The average Bonchev–Trinajstić information content (AvgIpc) is 2.62. The van der Waals surface area contributed by atoms with Crippen molar-refractivity contribution in [2.45, 2.75) is 12.8 Å². The lowest BCUT2D eigenvalue weighted by molar-refractivity contribution is 0.198. The van der Waals surface area contributed by atoms with Crippen LogP contribution in [0.25, 0.3) is 0 Å². The van der Waals surface area contributed by atoms with Gasteiger partial charge in [0.15, 0.2) is 0 Å². The number of hydrogen-bond acceptors (Lipinski definition) is 2. The van der Waals surface area contributed by atoms with E-state index in [1.54, 1.807) is 24.5 Å². The molecule has 0 N–H and O–H groups in total. The highest BCUT2D eigenvalue weighted by Crippen LogP contribution is 2.01. The van der Waals surface area contributed by atoms with E-state index in [0.29, 0.717) is 5.02 Å². The van der Waals surface area contributed by atoms with Crippen molar-refractivity contribution in [3.63, 3.8) is 0 Å². The van der Waals surface area contributed by atoms with Gasteiger partial charge in [0.1, 0.15) is 0 Å². The molecular weight excluding hydrogens is 174 g/mol. The van der Waals surface area contributed by atoms with Crippen molar-refractivity contribution in [1.29, 1.82) is 0 Å². The van der Waals surface area contributed by atoms with Crippen molar-refractivity contribution >= 4 is 11.6 Å². The minimum absolute atomic E-state index is 0.683. The van der Waals surface area contributed by atoms with E-state index in [-0.39, 0.29) is 0 Å². The van der Waals surface area contributed by atoms with Gasteiger partial charge in [0.05, 0.1) is 5.02 Å². The number of halogens is 1. The summed E-state index contributed by atoms with van der Waals surface area (Å²) in [4.78, 5) is 3.75. The summed E-state index contributed by atoms with van der Waals surface area (Å²) in [7, 11) is 0. The molecule has 0 unspecified atom stereocenters. The van der Waals surface area contributed by atoms with Crippen molar-refractivity contribution in [3.05, 3.63) is 29.5 Å². The topological polar surface area (TPSA) is 22.1 Å². The van der Waals surface area contributed by atoms with E-state index in [1.807, 2.05) is 0 Å². The van der Waals surface area contributed by atoms with E-state index < -0.39 is 0 Å². The predicted molar refractivity (Wildman–Crippen MR) is 49.3 cm³/mol. The van der Waals surface area contributed by atoms with Crippen LogP contribution >= 0.6 is 11.6 Å². The van der Waals surface area contributed by atoms with Gasteiger partial charge in [-0.3, -0.25) is 4.98 Å². The third kappa shape index (κ3) is 4.31. The Morgan fingerprint density at radius 3 is 2.33 bits per heavy atom. The van der Waals surface area contributed by atoms with Gasteiger partial charge in [-0.15, -0.1) is 0 Å². The summed E-state index contributed by atoms with van der Waals surface area (Å²) in [6.45, 7) is 2.00. The molecule has 0 aromatic carbocycles. The number of rotatable bonds is 0. The largest absolute Gasteiger partial charge is 0.381 e. The van der Waals surface area contributed by atoms with Crippen LogP contribution in [0.2, 0.25) is 5.02 Å². The number of aromatic nitrogens is 1. The molecule has 0 bridgehead atoms. The molecule has 1 saturated heterocycles.